The van der Waals surface area contributed by atoms with Gasteiger partial charge in [-0.05, 0) is 30.5 Å². The second-order valence-electron chi connectivity index (χ2n) is 5.75. The Bertz CT molecular complexity index is 1040. The van der Waals surface area contributed by atoms with Crippen LogP contribution in [0, 0.1) is 0 Å². The maximum atomic E-state index is 13.1. The number of thioether (sulfide) groups is 1. The van der Waals surface area contributed by atoms with E-state index in [1.54, 1.807) is 14.0 Å². The van der Waals surface area contributed by atoms with Gasteiger partial charge in [0.25, 0.3) is 0 Å². The number of amidine groups is 2. The molecule has 2 rings (SSSR count). The van der Waals surface area contributed by atoms with Gasteiger partial charge in [-0.25, -0.2) is 4.98 Å². The fourth-order valence-corrected chi connectivity index (χ4v) is 2.65. The predicted molar refractivity (Wildman–Crippen MR) is 120 cm³/mol. The number of hydrogen-bond acceptors (Lipinski definition) is 8. The van der Waals surface area contributed by atoms with E-state index in [1.807, 2.05) is 6.26 Å². The number of halogens is 3. The Labute approximate surface area is 203 Å². The SMILES string of the molecule is CN=C([S-])N/N=C(/C(C)=N/NC(=NC)SC)c1ncoc1-c1cccc(C(F)(F)F)c1.[Cu+]. The number of rotatable bonds is 5. The summed E-state index contributed by atoms with van der Waals surface area (Å²) in [4.78, 5) is 11.9. The maximum absolute atomic E-state index is 13.1. The summed E-state index contributed by atoms with van der Waals surface area (Å²) in [6, 6.07) is 4.72. The number of benzene rings is 1. The van der Waals surface area contributed by atoms with Crippen molar-refractivity contribution in [3.8, 4) is 11.3 Å². The molecule has 0 amide bonds. The van der Waals surface area contributed by atoms with Gasteiger partial charge in [0.1, 0.15) is 11.4 Å². The average Bonchev–Trinajstić information content (AvgIpc) is 3.23. The van der Waals surface area contributed by atoms with Gasteiger partial charge in [-0.1, -0.05) is 23.9 Å². The minimum Gasteiger partial charge on any atom is -0.741 e. The Kier molecular flexibility index (Phi) is 10.9. The van der Waals surface area contributed by atoms with E-state index in [0.29, 0.717) is 10.9 Å². The fraction of sp³-hybridized carbons (Fsp3) is 0.278. The second kappa shape index (κ2) is 12.6. The molecule has 0 saturated heterocycles. The molecule has 2 aromatic rings. The number of nitrogens with zero attached hydrogens (tertiary/aromatic N) is 5. The summed E-state index contributed by atoms with van der Waals surface area (Å²) in [6.07, 6.45) is -1.57. The third kappa shape index (κ3) is 7.33. The Balaban J connectivity index is 0.00000512. The normalized spacial score (nSPS) is 13.6. The molecule has 0 aliphatic heterocycles. The Morgan fingerprint density at radius 1 is 1.16 bits per heavy atom. The van der Waals surface area contributed by atoms with Crippen molar-refractivity contribution in [2.24, 2.45) is 20.2 Å². The molecule has 0 fully saturated rings. The molecule has 0 bridgehead atoms. The van der Waals surface area contributed by atoms with E-state index in [-0.39, 0.29) is 45.0 Å². The molecule has 1 heterocycles. The van der Waals surface area contributed by atoms with Gasteiger partial charge >= 0.3 is 23.2 Å². The van der Waals surface area contributed by atoms with Crippen molar-refractivity contribution < 1.29 is 34.7 Å². The van der Waals surface area contributed by atoms with E-state index in [4.69, 9.17) is 17.0 Å². The molecular formula is C18H19CuF3N7OS2. The van der Waals surface area contributed by atoms with Gasteiger partial charge < -0.3 is 17.0 Å². The monoisotopic (exact) mass is 533 g/mol. The van der Waals surface area contributed by atoms with Crippen LogP contribution >= 0.6 is 11.8 Å². The molecule has 14 heteroatoms. The van der Waals surface area contributed by atoms with Gasteiger partial charge in [-0.2, -0.15) is 23.4 Å². The van der Waals surface area contributed by atoms with Crippen LogP contribution in [-0.2, 0) is 35.9 Å². The van der Waals surface area contributed by atoms with Gasteiger partial charge in [0.2, 0.25) is 0 Å². The van der Waals surface area contributed by atoms with Crippen LogP contribution in [0.25, 0.3) is 11.3 Å². The van der Waals surface area contributed by atoms with Crippen LogP contribution in [0.1, 0.15) is 18.2 Å². The van der Waals surface area contributed by atoms with Crippen LogP contribution in [0.2, 0.25) is 0 Å². The van der Waals surface area contributed by atoms with Crippen molar-refractivity contribution in [1.29, 1.82) is 0 Å². The largest absolute Gasteiger partial charge is 1.00 e. The standard InChI is InChI=1S/C18H20F3N7OS2.Cu/c1-10(25-28-17(23-3)31-4)13(26-27-16(30)22-2)14-15(29-9-24-14)11-6-5-7-12(8-11)18(19,20)21;/h5-9H,1-4H3,(H,23,28)(H2,22,27,30);/q;+1/p-1/b25-10+,26-13-;. The maximum Gasteiger partial charge on any atom is 1.00 e. The minimum atomic E-state index is -4.50. The first kappa shape index (κ1) is 27.6. The third-order valence-electron chi connectivity index (χ3n) is 3.77. The van der Waals surface area contributed by atoms with E-state index < -0.39 is 11.7 Å². The molecule has 0 radical (unpaired) electrons. The molecule has 0 spiro atoms. The summed E-state index contributed by atoms with van der Waals surface area (Å²) < 4.78 is 44.8. The summed E-state index contributed by atoms with van der Waals surface area (Å²) in [5.41, 5.74) is 5.44. The first-order valence-electron chi connectivity index (χ1n) is 8.61. The summed E-state index contributed by atoms with van der Waals surface area (Å²) in [5.74, 6) is 0.0924. The van der Waals surface area contributed by atoms with Crippen molar-refractivity contribution in [2.45, 2.75) is 13.1 Å². The molecule has 32 heavy (non-hydrogen) atoms. The number of aliphatic imine (C=N–C) groups is 2. The Morgan fingerprint density at radius 3 is 2.47 bits per heavy atom. The number of oxazole rings is 1. The zero-order chi connectivity index (χ0) is 23.0. The van der Waals surface area contributed by atoms with Gasteiger partial charge in [0.15, 0.2) is 17.3 Å². The number of nitrogens with one attached hydrogen (secondary N) is 2. The predicted octanol–water partition coefficient (Wildman–Crippen LogP) is 3.50. The van der Waals surface area contributed by atoms with Gasteiger partial charge in [-0.3, -0.25) is 20.8 Å². The van der Waals surface area contributed by atoms with Crippen LogP contribution in [0.4, 0.5) is 13.2 Å². The van der Waals surface area contributed by atoms with Crippen molar-refractivity contribution in [2.75, 3.05) is 20.4 Å². The summed E-state index contributed by atoms with van der Waals surface area (Å²) in [6.45, 7) is 1.64. The molecular weight excluding hydrogens is 515 g/mol. The van der Waals surface area contributed by atoms with E-state index in [2.05, 4.69) is 36.0 Å². The molecule has 0 atom stereocenters. The smallest absolute Gasteiger partial charge is 0.741 e. The topological polar surface area (TPSA) is 99.5 Å². The Morgan fingerprint density at radius 2 is 1.88 bits per heavy atom. The first-order valence-corrected chi connectivity index (χ1v) is 10.2. The summed E-state index contributed by atoms with van der Waals surface area (Å²) in [7, 11) is 3.09. The Hall–Kier alpha value is -2.41. The molecule has 0 aliphatic rings. The van der Waals surface area contributed by atoms with Crippen LogP contribution in [0.5, 0.6) is 0 Å². The number of hydrogen-bond donors (Lipinski definition) is 2. The summed E-state index contributed by atoms with van der Waals surface area (Å²) >= 11 is 6.33. The van der Waals surface area contributed by atoms with E-state index in [0.717, 1.165) is 18.5 Å². The van der Waals surface area contributed by atoms with E-state index in [9.17, 15) is 13.2 Å². The fourth-order valence-electron chi connectivity index (χ4n) is 2.29. The van der Waals surface area contributed by atoms with Crippen LogP contribution in [0.3, 0.4) is 0 Å². The van der Waals surface area contributed by atoms with Crippen LogP contribution in [-0.4, -0.2) is 47.1 Å². The number of aromatic nitrogens is 1. The molecule has 1 aromatic carbocycles. The van der Waals surface area contributed by atoms with Gasteiger partial charge in [0.05, 0.1) is 11.3 Å². The molecule has 2 N–H and O–H groups in total. The van der Waals surface area contributed by atoms with Crippen molar-refractivity contribution in [3.05, 3.63) is 41.9 Å². The van der Waals surface area contributed by atoms with E-state index in [1.165, 1.54) is 30.9 Å². The second-order valence-corrected chi connectivity index (χ2v) is 6.93. The molecule has 0 saturated carbocycles. The van der Waals surface area contributed by atoms with Crippen molar-refractivity contribution in [1.82, 2.24) is 15.8 Å². The number of alkyl halides is 3. The zero-order valence-electron chi connectivity index (χ0n) is 17.3. The molecule has 0 aliphatic carbocycles. The zero-order valence-corrected chi connectivity index (χ0v) is 19.9. The summed E-state index contributed by atoms with van der Waals surface area (Å²) in [5, 5.41) is 9.06. The first-order chi connectivity index (χ1) is 14.7. The van der Waals surface area contributed by atoms with Crippen LogP contribution in [0.15, 0.2) is 55.3 Å². The molecule has 8 nitrogen and oxygen atoms in total. The van der Waals surface area contributed by atoms with E-state index >= 15 is 0 Å². The van der Waals surface area contributed by atoms with Gasteiger partial charge in [0, 0.05) is 19.7 Å². The molecule has 1 aromatic heterocycles. The minimum absolute atomic E-state index is 0. The molecule has 0 unspecified atom stereocenters. The number of hydrazone groups is 2. The third-order valence-corrected chi connectivity index (χ3v) is 4.70. The average molecular weight is 534 g/mol. The van der Waals surface area contributed by atoms with Gasteiger partial charge in [-0.15, -0.1) is 0 Å². The quantitative estimate of drug-likeness (QED) is 0.201. The van der Waals surface area contributed by atoms with Crippen molar-refractivity contribution >= 4 is 46.1 Å². The van der Waals surface area contributed by atoms with Crippen molar-refractivity contribution in [3.63, 3.8) is 0 Å². The van der Waals surface area contributed by atoms with Crippen LogP contribution < -0.4 is 10.9 Å². The molecule has 176 valence electrons.